The summed E-state index contributed by atoms with van der Waals surface area (Å²) in [6.07, 6.45) is -0.344. The Labute approximate surface area is 173 Å². The van der Waals surface area contributed by atoms with Crippen LogP contribution in [0.2, 0.25) is 0 Å². The predicted molar refractivity (Wildman–Crippen MR) is 106 cm³/mol. The van der Waals surface area contributed by atoms with Gasteiger partial charge in [-0.25, -0.2) is 0 Å². The maximum Gasteiger partial charge on any atom is 0.325 e. The fourth-order valence-corrected chi connectivity index (χ4v) is 2.64. The zero-order valence-corrected chi connectivity index (χ0v) is 16.4. The zero-order valence-electron chi connectivity index (χ0n) is 16.4. The van der Waals surface area contributed by atoms with Crippen LogP contribution >= 0.6 is 0 Å². The largest absolute Gasteiger partial charge is 0.497 e. The number of carbonyl (C=O) groups excluding carboxylic acids is 3. The van der Waals surface area contributed by atoms with Crippen molar-refractivity contribution in [1.82, 2.24) is 10.6 Å². The molecule has 9 nitrogen and oxygen atoms in total. The molecule has 1 aliphatic rings. The van der Waals surface area contributed by atoms with Crippen molar-refractivity contribution in [3.8, 4) is 17.2 Å². The van der Waals surface area contributed by atoms with Gasteiger partial charge in [0.2, 0.25) is 0 Å². The first-order valence-corrected chi connectivity index (χ1v) is 9.28. The minimum Gasteiger partial charge on any atom is -0.497 e. The molecule has 1 heterocycles. The molecule has 1 atom stereocenters. The molecule has 0 spiro atoms. The van der Waals surface area contributed by atoms with Crippen LogP contribution in [0.3, 0.4) is 0 Å². The van der Waals surface area contributed by atoms with E-state index in [0.29, 0.717) is 29.4 Å². The Kier molecular flexibility index (Phi) is 7.09. The Morgan fingerprint density at radius 1 is 1.03 bits per heavy atom. The van der Waals surface area contributed by atoms with Gasteiger partial charge in [0.05, 0.1) is 13.7 Å². The number of rotatable bonds is 8. The number of hydrogen-bond donors (Lipinski definition) is 2. The first-order chi connectivity index (χ1) is 14.5. The molecular formula is C21H22N2O7. The van der Waals surface area contributed by atoms with Crippen LogP contribution in [0.15, 0.2) is 48.5 Å². The Hall–Kier alpha value is -3.75. The van der Waals surface area contributed by atoms with E-state index in [-0.39, 0.29) is 19.2 Å². The predicted octanol–water partition coefficient (Wildman–Crippen LogP) is 0.924. The Bertz CT molecular complexity index is 898. The average molecular weight is 414 g/mol. The fourth-order valence-electron chi connectivity index (χ4n) is 2.64. The van der Waals surface area contributed by atoms with E-state index in [1.165, 1.54) is 7.11 Å². The van der Waals surface area contributed by atoms with E-state index < -0.39 is 24.4 Å². The minimum atomic E-state index is -0.724. The number of hydrogen-bond acceptors (Lipinski definition) is 7. The van der Waals surface area contributed by atoms with Crippen LogP contribution in [0.25, 0.3) is 0 Å². The second-order valence-electron chi connectivity index (χ2n) is 6.37. The standard InChI is InChI=1S/C21H22N2O7/c1-27-15-8-6-14(7-9-15)21(26)23-11-20(25)29-13-19(24)22-10-16-12-28-17-4-2-3-5-18(17)30-16/h2-9,16H,10-13H2,1H3,(H,22,24)(H,23,26)/t16-/m0/s1. The maximum absolute atomic E-state index is 12.0. The summed E-state index contributed by atoms with van der Waals surface area (Å²) in [5.41, 5.74) is 0.373. The van der Waals surface area contributed by atoms with Gasteiger partial charge in [-0.1, -0.05) is 12.1 Å². The normalized spacial score (nSPS) is 14.4. The van der Waals surface area contributed by atoms with Crippen LogP contribution in [0, 0.1) is 0 Å². The highest BCUT2D eigenvalue weighted by atomic mass is 16.6. The van der Waals surface area contributed by atoms with Gasteiger partial charge in [-0.2, -0.15) is 0 Å². The van der Waals surface area contributed by atoms with E-state index in [1.54, 1.807) is 36.4 Å². The Morgan fingerprint density at radius 2 is 1.77 bits per heavy atom. The van der Waals surface area contributed by atoms with E-state index in [2.05, 4.69) is 10.6 Å². The van der Waals surface area contributed by atoms with Gasteiger partial charge < -0.3 is 29.6 Å². The number of carbonyl (C=O) groups is 3. The maximum atomic E-state index is 12.0. The monoisotopic (exact) mass is 414 g/mol. The summed E-state index contributed by atoms with van der Waals surface area (Å²) >= 11 is 0. The van der Waals surface area contributed by atoms with Gasteiger partial charge in [-0.15, -0.1) is 0 Å². The lowest BCUT2D eigenvalue weighted by atomic mass is 10.2. The van der Waals surface area contributed by atoms with E-state index >= 15 is 0 Å². The molecule has 2 N–H and O–H groups in total. The van der Waals surface area contributed by atoms with Gasteiger partial charge in [0, 0.05) is 5.56 Å². The third-order valence-electron chi connectivity index (χ3n) is 4.20. The first kappa shape index (κ1) is 21.0. The van der Waals surface area contributed by atoms with Crippen molar-refractivity contribution < 1.29 is 33.3 Å². The summed E-state index contributed by atoms with van der Waals surface area (Å²) in [6, 6.07) is 13.7. The third-order valence-corrected chi connectivity index (χ3v) is 4.20. The van der Waals surface area contributed by atoms with Gasteiger partial charge in [-0.05, 0) is 36.4 Å². The topological polar surface area (TPSA) is 112 Å². The van der Waals surface area contributed by atoms with Crippen molar-refractivity contribution >= 4 is 17.8 Å². The average Bonchev–Trinajstić information content (AvgIpc) is 2.79. The molecule has 0 fully saturated rings. The SMILES string of the molecule is COc1ccc(C(=O)NCC(=O)OCC(=O)NC[C@H]2COc3ccccc3O2)cc1. The molecule has 9 heteroatoms. The lowest BCUT2D eigenvalue weighted by Gasteiger charge is -2.26. The number of para-hydroxylation sites is 2. The zero-order chi connectivity index (χ0) is 21.3. The van der Waals surface area contributed by atoms with Crippen molar-refractivity contribution in [3.05, 3.63) is 54.1 Å². The number of methoxy groups -OCH3 is 1. The molecule has 2 amide bonds. The smallest absolute Gasteiger partial charge is 0.325 e. The molecular weight excluding hydrogens is 392 g/mol. The van der Waals surface area contributed by atoms with Gasteiger partial charge >= 0.3 is 5.97 Å². The molecule has 0 bridgehead atoms. The summed E-state index contributed by atoms with van der Waals surface area (Å²) < 4.78 is 21.2. The highest BCUT2D eigenvalue weighted by Gasteiger charge is 2.21. The highest BCUT2D eigenvalue weighted by molar-refractivity contribution is 5.96. The molecule has 0 unspecified atom stereocenters. The molecule has 2 aromatic rings. The van der Waals surface area contributed by atoms with Crippen LogP contribution in [0.4, 0.5) is 0 Å². The molecule has 0 radical (unpaired) electrons. The molecule has 3 rings (SSSR count). The van der Waals surface area contributed by atoms with E-state index in [9.17, 15) is 14.4 Å². The molecule has 1 aliphatic heterocycles. The molecule has 0 aliphatic carbocycles. The summed E-state index contributed by atoms with van der Waals surface area (Å²) in [6.45, 7) is -0.302. The fraction of sp³-hybridized carbons (Fsp3) is 0.286. The lowest BCUT2D eigenvalue weighted by Crippen LogP contribution is -2.42. The number of fused-ring (bicyclic) bond motifs is 1. The van der Waals surface area contributed by atoms with Gasteiger partial charge in [-0.3, -0.25) is 14.4 Å². The van der Waals surface area contributed by atoms with Crippen LogP contribution in [-0.2, 0) is 14.3 Å². The minimum absolute atomic E-state index is 0.207. The second-order valence-corrected chi connectivity index (χ2v) is 6.37. The quantitative estimate of drug-likeness (QED) is 0.618. The third kappa shape index (κ3) is 5.87. The molecule has 0 aromatic heterocycles. The number of amides is 2. The van der Waals surface area contributed by atoms with Crippen molar-refractivity contribution in [2.45, 2.75) is 6.10 Å². The number of esters is 1. The van der Waals surface area contributed by atoms with Gasteiger partial charge in [0.15, 0.2) is 18.1 Å². The van der Waals surface area contributed by atoms with E-state index in [0.717, 1.165) is 0 Å². The molecule has 0 saturated carbocycles. The number of nitrogens with one attached hydrogen (secondary N) is 2. The highest BCUT2D eigenvalue weighted by Crippen LogP contribution is 2.30. The van der Waals surface area contributed by atoms with Crippen LogP contribution < -0.4 is 24.8 Å². The van der Waals surface area contributed by atoms with Crippen molar-refractivity contribution in [3.63, 3.8) is 0 Å². The van der Waals surface area contributed by atoms with Crippen LogP contribution in [0.1, 0.15) is 10.4 Å². The molecule has 158 valence electrons. The summed E-state index contributed by atoms with van der Waals surface area (Å²) in [5, 5.41) is 5.05. The lowest BCUT2D eigenvalue weighted by molar-refractivity contribution is -0.147. The van der Waals surface area contributed by atoms with Crippen molar-refractivity contribution in [2.24, 2.45) is 0 Å². The van der Waals surface area contributed by atoms with Crippen molar-refractivity contribution in [2.75, 3.05) is 33.4 Å². The van der Waals surface area contributed by atoms with Crippen LogP contribution in [-0.4, -0.2) is 57.3 Å². The summed E-state index contributed by atoms with van der Waals surface area (Å²) in [7, 11) is 1.52. The number of benzene rings is 2. The number of ether oxygens (including phenoxy) is 4. The Morgan fingerprint density at radius 3 is 2.50 bits per heavy atom. The summed E-state index contributed by atoms with van der Waals surface area (Å²) in [5.74, 6) is 0.248. The van der Waals surface area contributed by atoms with Crippen LogP contribution in [0.5, 0.6) is 17.2 Å². The van der Waals surface area contributed by atoms with Gasteiger partial charge in [0.1, 0.15) is 25.0 Å². The van der Waals surface area contributed by atoms with E-state index in [1.807, 2.05) is 12.1 Å². The van der Waals surface area contributed by atoms with Crippen molar-refractivity contribution in [1.29, 1.82) is 0 Å². The second kappa shape index (κ2) is 10.1. The molecule has 30 heavy (non-hydrogen) atoms. The molecule has 0 saturated heterocycles. The van der Waals surface area contributed by atoms with E-state index in [4.69, 9.17) is 18.9 Å². The first-order valence-electron chi connectivity index (χ1n) is 9.28. The summed E-state index contributed by atoms with van der Waals surface area (Å²) in [4.78, 5) is 35.6. The van der Waals surface area contributed by atoms with Gasteiger partial charge in [0.25, 0.3) is 11.8 Å². The molecule has 2 aromatic carbocycles. The Balaban J connectivity index is 1.32.